The highest BCUT2D eigenvalue weighted by Crippen LogP contribution is 2.40. The summed E-state index contributed by atoms with van der Waals surface area (Å²) in [6, 6.07) is 1.21. The van der Waals surface area contributed by atoms with E-state index in [1.54, 1.807) is 0 Å². The molecule has 1 aromatic carbocycles. The Morgan fingerprint density at radius 2 is 1.64 bits per heavy atom. The molecule has 0 aromatic heterocycles. The number of nitrogens with zero attached hydrogens (tertiary/aromatic N) is 1. The zero-order valence-electron chi connectivity index (χ0n) is 13.1. The van der Waals surface area contributed by atoms with Gasteiger partial charge in [-0.15, -0.1) is 12.4 Å². The van der Waals surface area contributed by atoms with Crippen molar-refractivity contribution in [2.75, 3.05) is 26.2 Å². The minimum absolute atomic E-state index is 0. The topological polar surface area (TPSA) is 15.3 Å². The fourth-order valence-electron chi connectivity index (χ4n) is 2.93. The summed E-state index contributed by atoms with van der Waals surface area (Å²) >= 11 is 0. The molecule has 0 unspecified atom stereocenters. The predicted molar refractivity (Wildman–Crippen MR) is 81.1 cm³/mol. The number of alkyl halides is 6. The van der Waals surface area contributed by atoms with Crippen molar-refractivity contribution in [1.82, 2.24) is 10.2 Å². The molecule has 0 aliphatic carbocycles. The van der Waals surface area contributed by atoms with Gasteiger partial charge in [0.1, 0.15) is 5.82 Å². The van der Waals surface area contributed by atoms with Crippen molar-refractivity contribution in [1.29, 1.82) is 0 Å². The monoisotopic (exact) mass is 394 g/mol. The average molecular weight is 395 g/mol. The van der Waals surface area contributed by atoms with Gasteiger partial charge in [-0.2, -0.15) is 26.3 Å². The molecular weight excluding hydrogens is 377 g/mol. The number of benzene rings is 1. The van der Waals surface area contributed by atoms with Gasteiger partial charge in [0.2, 0.25) is 0 Å². The summed E-state index contributed by atoms with van der Waals surface area (Å²) in [5.74, 6) is -1.13. The summed E-state index contributed by atoms with van der Waals surface area (Å²) < 4.78 is 91.6. The number of piperazine rings is 1. The van der Waals surface area contributed by atoms with Gasteiger partial charge in [0.15, 0.2) is 0 Å². The lowest BCUT2D eigenvalue weighted by Crippen LogP contribution is -2.46. The highest BCUT2D eigenvalue weighted by atomic mass is 35.5. The van der Waals surface area contributed by atoms with Gasteiger partial charge in [0.25, 0.3) is 0 Å². The minimum atomic E-state index is -4.83. The first kappa shape index (κ1) is 22.0. The molecule has 0 saturated carbocycles. The van der Waals surface area contributed by atoms with Crippen LogP contribution >= 0.6 is 12.4 Å². The van der Waals surface area contributed by atoms with Gasteiger partial charge in [0, 0.05) is 44.2 Å². The minimum Gasteiger partial charge on any atom is -0.314 e. The Labute approximate surface area is 146 Å². The van der Waals surface area contributed by atoms with Crippen molar-refractivity contribution < 1.29 is 30.7 Å². The molecule has 1 N–H and O–H groups in total. The number of rotatable bonds is 4. The summed E-state index contributed by atoms with van der Waals surface area (Å²) in [4.78, 5) is 1.48. The molecule has 144 valence electrons. The molecular formula is C15H18ClF7N2. The molecule has 1 heterocycles. The third-order valence-electron chi connectivity index (χ3n) is 3.99. The number of hydrogen-bond acceptors (Lipinski definition) is 2. The van der Waals surface area contributed by atoms with Crippen molar-refractivity contribution in [3.05, 3.63) is 35.1 Å². The molecule has 10 heteroatoms. The fourth-order valence-corrected chi connectivity index (χ4v) is 2.93. The predicted octanol–water partition coefficient (Wildman–Crippen LogP) is 4.56. The summed E-state index contributed by atoms with van der Waals surface area (Å²) in [5, 5.41) is 2.97. The van der Waals surface area contributed by atoms with Gasteiger partial charge in [-0.1, -0.05) is 6.07 Å². The zero-order valence-corrected chi connectivity index (χ0v) is 13.9. The van der Waals surface area contributed by atoms with E-state index in [0.29, 0.717) is 19.2 Å². The van der Waals surface area contributed by atoms with Gasteiger partial charge >= 0.3 is 12.4 Å². The van der Waals surface area contributed by atoms with E-state index in [-0.39, 0.29) is 25.5 Å². The lowest BCUT2D eigenvalue weighted by Gasteiger charge is -2.36. The molecule has 0 bridgehead atoms. The van der Waals surface area contributed by atoms with E-state index in [0.717, 1.165) is 12.1 Å². The summed E-state index contributed by atoms with van der Waals surface area (Å²) in [6.45, 7) is 1.37. The lowest BCUT2D eigenvalue weighted by atomic mass is 9.93. The molecule has 1 atom stereocenters. The maximum absolute atomic E-state index is 14.2. The molecule has 2 rings (SSSR count). The highest BCUT2D eigenvalue weighted by molar-refractivity contribution is 5.85. The third-order valence-corrected chi connectivity index (χ3v) is 3.99. The smallest absolute Gasteiger partial charge is 0.314 e. The lowest BCUT2D eigenvalue weighted by molar-refractivity contribution is -0.141. The van der Waals surface area contributed by atoms with Gasteiger partial charge < -0.3 is 5.32 Å². The van der Waals surface area contributed by atoms with Gasteiger partial charge in [-0.25, -0.2) is 4.39 Å². The summed E-state index contributed by atoms with van der Waals surface area (Å²) in [7, 11) is 0. The Bertz CT molecular complexity index is 554. The van der Waals surface area contributed by atoms with Gasteiger partial charge in [-0.3, -0.25) is 4.90 Å². The molecule has 1 aromatic rings. The first-order valence-corrected chi connectivity index (χ1v) is 7.47. The molecule has 2 nitrogen and oxygen atoms in total. The van der Waals surface area contributed by atoms with Crippen LogP contribution in [0.1, 0.15) is 30.0 Å². The van der Waals surface area contributed by atoms with Gasteiger partial charge in [-0.05, 0) is 18.6 Å². The zero-order chi connectivity index (χ0) is 18.0. The maximum Gasteiger partial charge on any atom is 0.416 e. The van der Waals surface area contributed by atoms with E-state index in [9.17, 15) is 30.7 Å². The van der Waals surface area contributed by atoms with E-state index in [1.165, 1.54) is 4.90 Å². The number of nitrogens with one attached hydrogen (secondary N) is 1. The Morgan fingerprint density at radius 1 is 1.04 bits per heavy atom. The SMILES string of the molecule is Cl.Fc1cccc(C(F)(F)F)c1[C@H](CCC(F)(F)F)N1CCNCC1. The van der Waals surface area contributed by atoms with Crippen LogP contribution in [0.3, 0.4) is 0 Å². The average Bonchev–Trinajstić information content (AvgIpc) is 2.47. The molecule has 1 aliphatic rings. The van der Waals surface area contributed by atoms with E-state index < -0.39 is 48.2 Å². The van der Waals surface area contributed by atoms with Crippen LogP contribution < -0.4 is 5.32 Å². The number of halogens is 8. The van der Waals surface area contributed by atoms with Crippen molar-refractivity contribution >= 4 is 12.4 Å². The molecule has 25 heavy (non-hydrogen) atoms. The second-order valence-corrected chi connectivity index (χ2v) is 5.65. The van der Waals surface area contributed by atoms with E-state index >= 15 is 0 Å². The largest absolute Gasteiger partial charge is 0.416 e. The number of hydrogen-bond donors (Lipinski definition) is 1. The summed E-state index contributed by atoms with van der Waals surface area (Å²) in [5.41, 5.74) is -1.91. The molecule has 0 spiro atoms. The molecule has 1 saturated heterocycles. The first-order valence-electron chi connectivity index (χ1n) is 7.47. The Morgan fingerprint density at radius 3 is 2.16 bits per heavy atom. The van der Waals surface area contributed by atoms with Crippen LogP contribution in [0, 0.1) is 5.82 Å². The Balaban J connectivity index is 0.00000312. The molecule has 0 radical (unpaired) electrons. The third kappa shape index (κ3) is 6.00. The second kappa shape index (κ2) is 8.55. The normalized spacial score (nSPS) is 17.9. The molecule has 0 amide bonds. The second-order valence-electron chi connectivity index (χ2n) is 5.65. The van der Waals surface area contributed by atoms with Crippen LogP contribution in [0.5, 0.6) is 0 Å². The van der Waals surface area contributed by atoms with Crippen LogP contribution in [0.15, 0.2) is 18.2 Å². The standard InChI is InChI=1S/C15H17F7N2.ClH/c16-11-3-1-2-10(15(20,21)22)13(11)12(4-5-14(17,18)19)24-8-6-23-7-9-24;/h1-3,12,23H,4-9H2;1H/t12-;/m0./s1. The maximum atomic E-state index is 14.2. The van der Waals surface area contributed by atoms with Crippen molar-refractivity contribution in [2.45, 2.75) is 31.2 Å². The van der Waals surface area contributed by atoms with E-state index in [4.69, 9.17) is 0 Å². The Kier molecular flexibility index (Phi) is 7.52. The van der Waals surface area contributed by atoms with Crippen LogP contribution in [-0.2, 0) is 6.18 Å². The quantitative estimate of drug-likeness (QED) is 0.753. The Hall–Kier alpha value is -1.06. The van der Waals surface area contributed by atoms with E-state index in [1.807, 2.05) is 0 Å². The van der Waals surface area contributed by atoms with Crippen LogP contribution in [-0.4, -0.2) is 37.3 Å². The van der Waals surface area contributed by atoms with Crippen molar-refractivity contribution in [3.8, 4) is 0 Å². The van der Waals surface area contributed by atoms with Crippen molar-refractivity contribution in [3.63, 3.8) is 0 Å². The highest BCUT2D eigenvalue weighted by Gasteiger charge is 2.40. The van der Waals surface area contributed by atoms with Crippen molar-refractivity contribution in [2.24, 2.45) is 0 Å². The first-order chi connectivity index (χ1) is 11.1. The molecule has 1 aliphatic heterocycles. The van der Waals surface area contributed by atoms with Crippen LogP contribution in [0.4, 0.5) is 30.7 Å². The van der Waals surface area contributed by atoms with Gasteiger partial charge in [0.05, 0.1) is 5.56 Å². The van der Waals surface area contributed by atoms with Crippen LogP contribution in [0.25, 0.3) is 0 Å². The summed E-state index contributed by atoms with van der Waals surface area (Å²) in [6.07, 6.45) is -11.2. The fraction of sp³-hybridized carbons (Fsp3) is 0.600. The van der Waals surface area contributed by atoms with E-state index in [2.05, 4.69) is 5.32 Å². The molecule has 1 fully saturated rings. The van der Waals surface area contributed by atoms with Crippen LogP contribution in [0.2, 0.25) is 0 Å².